The molecule has 12 nitrogen and oxygen atoms in total. The molecule has 0 saturated carbocycles. The number of aryl methyl sites for hydroxylation is 4. The van der Waals surface area contributed by atoms with Gasteiger partial charge in [0.2, 0.25) is 5.60 Å². The van der Waals surface area contributed by atoms with Crippen LogP contribution in [0.1, 0.15) is 79.1 Å². The first kappa shape index (κ1) is 43.6. The molecule has 61 heavy (non-hydrogen) atoms. The molecule has 2 aliphatic heterocycles. The quantitative estimate of drug-likeness (QED) is 0.114. The summed E-state index contributed by atoms with van der Waals surface area (Å²) < 4.78 is 27.4. The number of alkyl carbamates (subject to hydrolysis) is 1. The third-order valence-electron chi connectivity index (χ3n) is 10.9. The van der Waals surface area contributed by atoms with E-state index in [1.54, 1.807) is 39.0 Å². The molecule has 2 unspecified atom stereocenters. The van der Waals surface area contributed by atoms with Crippen LogP contribution in [0.25, 0.3) is 0 Å². The van der Waals surface area contributed by atoms with Crippen molar-refractivity contribution >= 4 is 35.4 Å². The number of carbonyl (C=O) groups excluding carboxylic acids is 5. The van der Waals surface area contributed by atoms with Gasteiger partial charge in [-0.2, -0.15) is 0 Å². The van der Waals surface area contributed by atoms with Crippen LogP contribution in [0, 0.1) is 27.7 Å². The summed E-state index contributed by atoms with van der Waals surface area (Å²) in [5, 5.41) is 2.70. The summed E-state index contributed by atoms with van der Waals surface area (Å²) in [5.41, 5.74) is 5.54. The van der Waals surface area contributed by atoms with E-state index in [0.29, 0.717) is 39.4 Å². The van der Waals surface area contributed by atoms with Crippen molar-refractivity contribution in [3.05, 3.63) is 159 Å². The molecule has 2 heterocycles. The average molecular weight is 827 g/mol. The number of hydrogen-bond donors (Lipinski definition) is 1. The smallest absolute Gasteiger partial charge is 0.407 e. The normalized spacial score (nSPS) is 17.6. The van der Waals surface area contributed by atoms with E-state index in [4.69, 9.17) is 23.7 Å². The Labute approximate surface area is 355 Å². The van der Waals surface area contributed by atoms with Crippen molar-refractivity contribution in [3.8, 4) is 11.5 Å². The van der Waals surface area contributed by atoms with Gasteiger partial charge in [0.05, 0.1) is 31.0 Å². The fourth-order valence-electron chi connectivity index (χ4n) is 7.38. The van der Waals surface area contributed by atoms with Crippen LogP contribution in [0.4, 0.5) is 10.5 Å². The molecule has 0 radical (unpaired) electrons. The highest BCUT2D eigenvalue weighted by molar-refractivity contribution is 6.05. The highest BCUT2D eigenvalue weighted by Crippen LogP contribution is 2.44. The first-order valence-corrected chi connectivity index (χ1v) is 19.8. The molecule has 2 amide bonds. The zero-order valence-corrected chi connectivity index (χ0v) is 35.7. The number of nitrogens with one attached hydrogen (secondary N) is 1. The predicted octanol–water partition coefficient (Wildman–Crippen LogP) is 8.17. The summed E-state index contributed by atoms with van der Waals surface area (Å²) in [4.78, 5) is 64.7. The summed E-state index contributed by atoms with van der Waals surface area (Å²) in [6, 6.07) is 31.6. The summed E-state index contributed by atoms with van der Waals surface area (Å²) in [7, 11) is 2.65. The number of hydrogen-bond acceptors (Lipinski definition) is 10. The number of benzene rings is 5. The molecule has 5 aromatic carbocycles. The fourth-order valence-corrected chi connectivity index (χ4v) is 7.38. The Morgan fingerprint density at radius 3 is 1.84 bits per heavy atom. The number of carbonyl (C=O) groups is 5. The number of esters is 2. The number of ether oxygens (including phenoxy) is 5. The minimum absolute atomic E-state index is 0.0275. The Bertz CT molecular complexity index is 2500. The second-order valence-corrected chi connectivity index (χ2v) is 15.4. The number of rotatable bonds is 9. The van der Waals surface area contributed by atoms with Crippen molar-refractivity contribution < 1.29 is 47.7 Å². The zero-order valence-electron chi connectivity index (χ0n) is 35.7. The molecular formula is C49H50N2O10. The van der Waals surface area contributed by atoms with E-state index in [1.807, 2.05) is 106 Å². The van der Waals surface area contributed by atoms with Gasteiger partial charge in [0.1, 0.15) is 18.1 Å². The zero-order chi connectivity index (χ0) is 44.1. The lowest BCUT2D eigenvalue weighted by molar-refractivity contribution is -0.135. The van der Waals surface area contributed by atoms with Gasteiger partial charge in [0.15, 0.2) is 11.4 Å². The lowest BCUT2D eigenvalue weighted by atomic mass is 9.84. The van der Waals surface area contributed by atoms with E-state index in [1.165, 1.54) is 19.1 Å². The van der Waals surface area contributed by atoms with Crippen molar-refractivity contribution in [2.75, 3.05) is 32.2 Å². The number of fused-ring (bicyclic) bond motifs is 2. The molecule has 316 valence electrons. The molecule has 0 aromatic heterocycles. The molecule has 1 N–H and O–H groups in total. The molecule has 2 aliphatic rings. The lowest BCUT2D eigenvalue weighted by Crippen LogP contribution is -2.54. The van der Waals surface area contributed by atoms with Crippen LogP contribution in [-0.4, -0.2) is 57.0 Å². The maximum atomic E-state index is 13.9. The Kier molecular flexibility index (Phi) is 13.0. The summed E-state index contributed by atoms with van der Waals surface area (Å²) >= 11 is 0. The van der Waals surface area contributed by atoms with Crippen molar-refractivity contribution in [1.29, 1.82) is 0 Å². The van der Waals surface area contributed by atoms with Gasteiger partial charge in [-0.05, 0) is 82.5 Å². The molecule has 0 aliphatic carbocycles. The van der Waals surface area contributed by atoms with Crippen LogP contribution < -0.4 is 19.7 Å². The van der Waals surface area contributed by atoms with Crippen LogP contribution in [0.2, 0.25) is 0 Å². The van der Waals surface area contributed by atoms with Gasteiger partial charge in [-0.1, -0.05) is 90.0 Å². The molecule has 12 heteroatoms. The van der Waals surface area contributed by atoms with Crippen molar-refractivity contribution in [2.45, 2.75) is 65.8 Å². The minimum Gasteiger partial charge on any atom is -0.475 e. The van der Waals surface area contributed by atoms with Gasteiger partial charge in [0.25, 0.3) is 5.91 Å². The Morgan fingerprint density at radius 2 is 1.25 bits per heavy atom. The van der Waals surface area contributed by atoms with E-state index in [2.05, 4.69) is 5.32 Å². The Balaban J connectivity index is 0.000000223. The molecule has 2 atom stereocenters. The number of amides is 2. The van der Waals surface area contributed by atoms with E-state index < -0.39 is 29.2 Å². The van der Waals surface area contributed by atoms with E-state index >= 15 is 0 Å². The predicted molar refractivity (Wildman–Crippen MR) is 229 cm³/mol. The Hall–Kier alpha value is -6.95. The molecule has 0 fully saturated rings. The second kappa shape index (κ2) is 18.1. The highest BCUT2D eigenvalue weighted by atomic mass is 16.5. The minimum atomic E-state index is -1.30. The number of nitrogens with zero attached hydrogens (tertiary/aromatic N) is 1. The number of anilines is 1. The summed E-state index contributed by atoms with van der Waals surface area (Å²) in [5.74, 6) is -0.161. The Morgan fingerprint density at radius 1 is 0.689 bits per heavy atom. The van der Waals surface area contributed by atoms with Crippen LogP contribution in [-0.2, 0) is 48.0 Å². The van der Waals surface area contributed by atoms with Gasteiger partial charge in [-0.25, -0.2) is 14.4 Å². The number of Topliss-reactive ketones (excluding diaryl/α,β-unsaturated/α-hetero) is 1. The molecule has 0 saturated heterocycles. The van der Waals surface area contributed by atoms with Crippen molar-refractivity contribution in [1.82, 2.24) is 5.32 Å². The summed E-state index contributed by atoms with van der Waals surface area (Å²) in [6.45, 7) is 11.5. The number of methoxy groups -OCH3 is 2. The van der Waals surface area contributed by atoms with Gasteiger partial charge in [-0.3, -0.25) is 9.59 Å². The van der Waals surface area contributed by atoms with Crippen molar-refractivity contribution in [3.63, 3.8) is 0 Å². The van der Waals surface area contributed by atoms with E-state index in [-0.39, 0.29) is 37.8 Å². The topological polar surface area (TPSA) is 147 Å². The van der Waals surface area contributed by atoms with Crippen LogP contribution in [0.3, 0.4) is 0 Å². The van der Waals surface area contributed by atoms with Gasteiger partial charge >= 0.3 is 18.0 Å². The molecule has 0 bridgehead atoms. The maximum Gasteiger partial charge on any atom is 0.407 e. The monoisotopic (exact) mass is 826 g/mol. The lowest BCUT2D eigenvalue weighted by Gasteiger charge is -2.41. The third kappa shape index (κ3) is 9.28. The molecule has 0 spiro atoms. The van der Waals surface area contributed by atoms with Crippen LogP contribution in [0.15, 0.2) is 103 Å². The van der Waals surface area contributed by atoms with E-state index in [0.717, 1.165) is 33.4 Å². The van der Waals surface area contributed by atoms with Gasteiger partial charge < -0.3 is 33.9 Å². The molecular weight excluding hydrogens is 777 g/mol. The fraction of sp³-hybridized carbons (Fsp3) is 0.286. The molecule has 7 rings (SSSR count). The second-order valence-electron chi connectivity index (χ2n) is 15.4. The SMILES string of the molecule is COC(=O)c1cc2c(cc1C)OC(C)(c1cccc(C)c1)C(=O)C2.COC(=O)c1cc2c(cc1C)OC(C)(c1cccc(C)c1)C(=O)N2CCNC(=O)OCc1ccccc1. The van der Waals surface area contributed by atoms with Crippen LogP contribution >= 0.6 is 0 Å². The highest BCUT2D eigenvalue weighted by Gasteiger charge is 2.47. The van der Waals surface area contributed by atoms with Crippen LogP contribution in [0.5, 0.6) is 11.5 Å². The number of ketones is 1. The maximum absolute atomic E-state index is 13.9. The summed E-state index contributed by atoms with van der Waals surface area (Å²) in [6.07, 6.45) is -0.366. The third-order valence-corrected chi connectivity index (χ3v) is 10.9. The van der Waals surface area contributed by atoms with Gasteiger partial charge in [0, 0.05) is 36.2 Å². The van der Waals surface area contributed by atoms with Gasteiger partial charge in [-0.15, -0.1) is 0 Å². The average Bonchev–Trinajstić information content (AvgIpc) is 3.24. The first-order chi connectivity index (χ1) is 29.1. The standard InChI is InChI=1S/C29H30N2O6.C20H20O4/c1-19-9-8-12-22(15-19)29(3)27(33)31(14-13-30-28(34)36-18-21-10-6-5-7-11-21)24-17-23(26(32)35-4)20(2)16-25(24)37-29;1-12-6-5-7-15(8-12)20(3)18(21)11-14-10-16(19(22)23-4)13(2)9-17(14)24-20/h5-12,15-17H,13-14,18H2,1-4H3,(H,30,34);5-10H,11H2,1-4H3. The van der Waals surface area contributed by atoms with E-state index in [9.17, 15) is 24.0 Å². The van der Waals surface area contributed by atoms with Crippen molar-refractivity contribution in [2.24, 2.45) is 0 Å². The largest absolute Gasteiger partial charge is 0.475 e. The molecule has 5 aromatic rings. The first-order valence-electron chi connectivity index (χ1n) is 19.8.